The molecule has 0 aliphatic rings. The van der Waals surface area contributed by atoms with Crippen molar-refractivity contribution in [2.24, 2.45) is 0 Å². The zero-order chi connectivity index (χ0) is 17.6. The van der Waals surface area contributed by atoms with Crippen LogP contribution in [0.1, 0.15) is 28.3 Å². The van der Waals surface area contributed by atoms with E-state index in [-0.39, 0.29) is 11.8 Å². The molecule has 0 unspecified atom stereocenters. The molecule has 0 aliphatic heterocycles. The minimum atomic E-state index is -2.36. The first kappa shape index (κ1) is 18.4. The van der Waals surface area contributed by atoms with E-state index in [4.69, 9.17) is 10.00 Å². The summed E-state index contributed by atoms with van der Waals surface area (Å²) in [5.74, 6) is -0.0852. The second kappa shape index (κ2) is 8.24. The van der Waals surface area contributed by atoms with Crippen LogP contribution in [-0.2, 0) is 11.2 Å². The van der Waals surface area contributed by atoms with E-state index in [0.29, 0.717) is 25.0 Å². The van der Waals surface area contributed by atoms with Crippen molar-refractivity contribution in [3.8, 4) is 6.07 Å². The standard InChI is InChI=1S/C15H12N3O2.3CH3.Sn/c16-11-14-17-9-8-13(18-14)7-4-10-20-15(19)12-5-2-1-3-6-12;;;;/h1-3,5-6,8H,4,7,10H2;3*1H3;. The van der Waals surface area contributed by atoms with E-state index >= 15 is 0 Å². The summed E-state index contributed by atoms with van der Waals surface area (Å²) in [7, 11) is 0. The number of aryl methyl sites for hydroxylation is 1. The van der Waals surface area contributed by atoms with Crippen LogP contribution < -0.4 is 3.71 Å². The molecule has 124 valence electrons. The Kier molecular flexibility index (Phi) is 6.32. The average molecular weight is 430 g/mol. The molecule has 1 aromatic carbocycles. The van der Waals surface area contributed by atoms with Crippen molar-refractivity contribution < 1.29 is 9.53 Å². The van der Waals surface area contributed by atoms with Crippen molar-refractivity contribution in [1.29, 1.82) is 5.26 Å². The Bertz CT molecular complexity index is 749. The van der Waals surface area contributed by atoms with E-state index in [1.807, 2.05) is 18.2 Å². The average Bonchev–Trinajstić information content (AvgIpc) is 2.58. The summed E-state index contributed by atoms with van der Waals surface area (Å²) in [6.45, 7) is 0.327. The van der Waals surface area contributed by atoms with Crippen LogP contribution in [0.25, 0.3) is 0 Å². The van der Waals surface area contributed by atoms with Gasteiger partial charge in [-0.3, -0.25) is 0 Å². The van der Waals surface area contributed by atoms with Crippen molar-refractivity contribution in [3.05, 3.63) is 53.5 Å². The number of ether oxygens (including phenoxy) is 1. The van der Waals surface area contributed by atoms with Gasteiger partial charge in [-0.2, -0.15) is 0 Å². The molecule has 0 fully saturated rings. The van der Waals surface area contributed by atoms with Crippen LogP contribution in [0.2, 0.25) is 14.8 Å². The van der Waals surface area contributed by atoms with Crippen LogP contribution >= 0.6 is 0 Å². The molecule has 0 aliphatic carbocycles. The Morgan fingerprint density at radius 3 is 2.54 bits per heavy atom. The van der Waals surface area contributed by atoms with Crippen LogP contribution in [0, 0.1) is 11.3 Å². The van der Waals surface area contributed by atoms with Gasteiger partial charge in [0.25, 0.3) is 0 Å². The summed E-state index contributed by atoms with van der Waals surface area (Å²) in [6.07, 6.45) is 1.33. The molecule has 0 bridgehead atoms. The van der Waals surface area contributed by atoms with Crippen molar-refractivity contribution in [1.82, 2.24) is 9.97 Å². The van der Waals surface area contributed by atoms with Gasteiger partial charge in [-0.1, -0.05) is 0 Å². The van der Waals surface area contributed by atoms with Crippen LogP contribution in [0.15, 0.2) is 36.4 Å². The molecule has 0 saturated heterocycles. The van der Waals surface area contributed by atoms with Gasteiger partial charge in [0.15, 0.2) is 0 Å². The monoisotopic (exact) mass is 431 g/mol. The fourth-order valence-corrected chi connectivity index (χ4v) is 5.11. The van der Waals surface area contributed by atoms with Crippen molar-refractivity contribution >= 4 is 28.1 Å². The normalized spacial score (nSPS) is 10.9. The molecule has 24 heavy (non-hydrogen) atoms. The van der Waals surface area contributed by atoms with Gasteiger partial charge in [0.1, 0.15) is 0 Å². The maximum absolute atomic E-state index is 11.9. The molecule has 1 aromatic heterocycles. The molecule has 0 saturated carbocycles. The zero-order valence-electron chi connectivity index (χ0n) is 14.2. The quantitative estimate of drug-likeness (QED) is 0.400. The number of esters is 1. The Balaban J connectivity index is 1.93. The minimum absolute atomic E-state index is 0.232. The van der Waals surface area contributed by atoms with Crippen LogP contribution in [0.5, 0.6) is 0 Å². The third-order valence-corrected chi connectivity index (χ3v) is 8.58. The summed E-state index contributed by atoms with van der Waals surface area (Å²) in [4.78, 5) is 27.2. The molecular formula is C18H21N3O2Sn. The summed E-state index contributed by atoms with van der Waals surface area (Å²) in [5.41, 5.74) is 1.40. The summed E-state index contributed by atoms with van der Waals surface area (Å²) in [5, 5.41) is 9.10. The zero-order valence-corrected chi connectivity index (χ0v) is 17.1. The van der Waals surface area contributed by atoms with Crippen LogP contribution in [0.3, 0.4) is 0 Å². The molecule has 0 radical (unpaired) electrons. The van der Waals surface area contributed by atoms with E-state index < -0.39 is 18.4 Å². The van der Waals surface area contributed by atoms with Gasteiger partial charge in [0.2, 0.25) is 0 Å². The van der Waals surface area contributed by atoms with Gasteiger partial charge in [-0.05, 0) is 0 Å². The third kappa shape index (κ3) is 5.31. The summed E-state index contributed by atoms with van der Waals surface area (Å²) < 4.78 is 6.32. The molecule has 6 heteroatoms. The second-order valence-corrected chi connectivity index (χ2v) is 20.8. The topological polar surface area (TPSA) is 75.9 Å². The van der Waals surface area contributed by atoms with Gasteiger partial charge in [-0.15, -0.1) is 0 Å². The van der Waals surface area contributed by atoms with E-state index in [1.54, 1.807) is 24.3 Å². The molecule has 2 rings (SSSR count). The van der Waals surface area contributed by atoms with E-state index in [9.17, 15) is 4.79 Å². The third-order valence-electron chi connectivity index (χ3n) is 3.47. The number of carbonyl (C=O) groups is 1. The number of hydrogen-bond acceptors (Lipinski definition) is 5. The predicted octanol–water partition coefficient (Wildman–Crippen LogP) is 2.68. The Morgan fingerprint density at radius 2 is 1.92 bits per heavy atom. The summed E-state index contributed by atoms with van der Waals surface area (Å²) >= 11 is -2.36. The number of benzene rings is 1. The van der Waals surface area contributed by atoms with E-state index in [2.05, 4.69) is 24.8 Å². The first-order valence-corrected chi connectivity index (χ1v) is 17.9. The Morgan fingerprint density at radius 1 is 1.21 bits per heavy atom. The van der Waals surface area contributed by atoms with Crippen LogP contribution in [-0.4, -0.2) is 40.9 Å². The molecule has 0 atom stereocenters. The number of rotatable bonds is 6. The van der Waals surface area contributed by atoms with Crippen molar-refractivity contribution in [2.45, 2.75) is 27.7 Å². The molecular weight excluding hydrogens is 409 g/mol. The predicted molar refractivity (Wildman–Crippen MR) is 94.8 cm³/mol. The first-order chi connectivity index (χ1) is 11.4. The van der Waals surface area contributed by atoms with Crippen molar-refractivity contribution in [2.75, 3.05) is 6.61 Å². The van der Waals surface area contributed by atoms with Gasteiger partial charge in [0.05, 0.1) is 0 Å². The molecule has 5 nitrogen and oxygen atoms in total. The number of carbonyl (C=O) groups excluding carboxylic acids is 1. The fourth-order valence-electron chi connectivity index (χ4n) is 2.14. The number of aromatic nitrogens is 2. The SMILES string of the molecule is [CH3][Sn]([CH3])([CH3])[c]1cc(CCCOC(=O)c2ccccc2)nc(C#N)n1. The van der Waals surface area contributed by atoms with Gasteiger partial charge in [0, 0.05) is 0 Å². The van der Waals surface area contributed by atoms with Gasteiger partial charge < -0.3 is 0 Å². The molecule has 1 heterocycles. The molecule has 0 amide bonds. The number of hydrogen-bond donors (Lipinski definition) is 0. The van der Waals surface area contributed by atoms with E-state index in [1.165, 1.54) is 0 Å². The van der Waals surface area contributed by atoms with E-state index in [0.717, 1.165) is 9.40 Å². The van der Waals surface area contributed by atoms with Crippen molar-refractivity contribution in [3.63, 3.8) is 0 Å². The fraction of sp³-hybridized carbons (Fsp3) is 0.333. The molecule has 2 aromatic rings. The second-order valence-electron chi connectivity index (χ2n) is 6.54. The van der Waals surface area contributed by atoms with Crippen LogP contribution in [0.4, 0.5) is 0 Å². The maximum atomic E-state index is 11.9. The number of nitrogens with zero attached hydrogens (tertiary/aromatic N) is 3. The van der Waals surface area contributed by atoms with Gasteiger partial charge >= 0.3 is 147 Å². The summed E-state index contributed by atoms with van der Waals surface area (Å²) in [6, 6.07) is 13.0. The number of nitriles is 1. The Hall–Kier alpha value is -1.94. The Labute approximate surface area is 146 Å². The first-order valence-electron chi connectivity index (χ1n) is 7.91. The van der Waals surface area contributed by atoms with Gasteiger partial charge in [-0.25, -0.2) is 0 Å². The molecule has 0 spiro atoms. The molecule has 0 N–H and O–H groups in total.